The highest BCUT2D eigenvalue weighted by molar-refractivity contribution is 8.73. The van der Waals surface area contributed by atoms with Gasteiger partial charge in [-0.3, -0.25) is 9.36 Å². The number of nitrogens with one attached hydrogen (secondary N) is 1. The highest BCUT2D eigenvalue weighted by Crippen LogP contribution is 2.42. The van der Waals surface area contributed by atoms with Gasteiger partial charge in [-0.2, -0.15) is 0 Å². The lowest BCUT2D eigenvalue weighted by Gasteiger charge is -2.37. The average Bonchev–Trinajstić information content (AvgIpc) is 3.83. The lowest BCUT2D eigenvalue weighted by molar-refractivity contribution is -0.0942. The third-order valence-corrected chi connectivity index (χ3v) is 24.6. The molecule has 1 aliphatic rings. The van der Waals surface area contributed by atoms with Gasteiger partial charge >= 0.3 is 0 Å². The maximum atomic E-state index is 12.8. The molecule has 6 aromatic rings. The zero-order valence-corrected chi connectivity index (χ0v) is 39.1. The second-order valence-electron chi connectivity index (χ2n) is 12.4. The number of anilines is 1. The van der Waals surface area contributed by atoms with Crippen molar-refractivity contribution in [2.75, 3.05) is 19.0 Å². The molecule has 3 heterocycles. The van der Waals surface area contributed by atoms with Crippen LogP contribution in [0, 0.1) is 6.92 Å². The first kappa shape index (κ1) is 47.8. The smallest absolute Gasteiger partial charge is 0.256 e. The maximum absolute atomic E-state index is 12.8. The maximum Gasteiger partial charge on any atom is 0.256 e. The van der Waals surface area contributed by atoms with E-state index in [1.54, 1.807) is 84.7 Å². The van der Waals surface area contributed by atoms with Gasteiger partial charge in [0, 0.05) is 99.0 Å². The molecule has 7 rings (SSSR count). The molecule has 2 aromatic heterocycles. The summed E-state index contributed by atoms with van der Waals surface area (Å²) >= 11 is 9.31. The van der Waals surface area contributed by atoms with Crippen LogP contribution in [0.15, 0.2) is 122 Å². The molecule has 60 heavy (non-hydrogen) atoms. The molecule has 5 atom stereocenters. The fraction of sp³-hybridized carbons (Fsp3) is 0.231. The number of rotatable bonds is 10. The number of ether oxygens (including phenoxy) is 3. The largest absolute Gasteiger partial charge is 0.497 e. The number of aliphatic hydroxyl groups is 2. The molecule has 4 aromatic carbocycles. The lowest BCUT2D eigenvalue weighted by Crippen LogP contribution is -2.39. The summed E-state index contributed by atoms with van der Waals surface area (Å²) in [7, 11) is 14.3. The molecule has 1 saturated heterocycles. The number of amides is 1. The highest BCUT2D eigenvalue weighted by atomic mass is 33.4. The van der Waals surface area contributed by atoms with Gasteiger partial charge in [0.15, 0.2) is 23.2 Å². The van der Waals surface area contributed by atoms with Gasteiger partial charge in [0.05, 0.1) is 20.0 Å². The van der Waals surface area contributed by atoms with E-state index in [0.717, 1.165) is 22.3 Å². The van der Waals surface area contributed by atoms with Crippen molar-refractivity contribution >= 4 is 116 Å². The van der Waals surface area contributed by atoms with Crippen LogP contribution in [0.1, 0.15) is 46.3 Å². The minimum absolute atomic E-state index is 0. The molecular weight excluding hydrogens is 955 g/mol. The molecule has 0 spiro atoms. The summed E-state index contributed by atoms with van der Waals surface area (Å²) in [4.78, 5) is 25.9. The SMILES string of the molecule is C.COc1ccc(C(OC[C@H]2O[C@@H](n3cnc4c(NC(=O)c5ccccc5)ncnc43)[C@@H](O)C2O)(c2ccccc2)c2ccc(C)cc2)cc1.S=S=S=S=S=S=S=S=S=S. The summed E-state index contributed by atoms with van der Waals surface area (Å²) in [6, 6.07) is 34.4. The number of aromatic nitrogens is 4. The van der Waals surface area contributed by atoms with Crippen LogP contribution in [-0.4, -0.2) is 67.7 Å². The number of imidazole rings is 1. The number of aliphatic hydroxyl groups excluding tert-OH is 2. The normalized spacial score (nSPS) is 17.6. The Morgan fingerprint density at radius 1 is 0.783 bits per heavy atom. The van der Waals surface area contributed by atoms with Crippen LogP contribution in [0.5, 0.6) is 5.75 Å². The molecule has 1 aliphatic heterocycles. The van der Waals surface area contributed by atoms with Gasteiger partial charge in [-0.15, -0.1) is 0 Å². The molecule has 11 nitrogen and oxygen atoms in total. The molecule has 3 N–H and O–H groups in total. The van der Waals surface area contributed by atoms with Crippen molar-refractivity contribution in [2.45, 2.75) is 44.5 Å². The standard InChI is InChI=1S/C38H35N5O6.CH4.S10/c1-24-13-15-27(16-14-24)38(26-11-7-4-8-12-26,28-17-19-29(47-2)20-18-28)48-21-30-32(44)33(45)37(49-30)43-23-41-31-34(39-22-40-35(31)43)42-36(46)25-9-5-3-6-10-25;;1-3-5-7-9-10-8-6-4-2/h3-20,22-23,30,32-33,37,44-45H,21H2,1-2H3,(H,39,40,42,46);1H4;/t30-,32?,33+,37-,38?;;/m1../s1. The highest BCUT2D eigenvalue weighted by Gasteiger charge is 2.47. The first-order valence-electron chi connectivity index (χ1n) is 17.4. The molecule has 316 valence electrons. The number of carbonyl (C=O) groups excluding carboxylic acids is 1. The van der Waals surface area contributed by atoms with Crippen molar-refractivity contribution in [1.82, 2.24) is 19.5 Å². The Labute approximate surface area is 380 Å². The van der Waals surface area contributed by atoms with Gasteiger partial charge in [-0.25, -0.2) is 15.0 Å². The van der Waals surface area contributed by atoms with Gasteiger partial charge in [0.2, 0.25) is 0 Å². The number of nitrogens with zero attached hydrogens (tertiary/aromatic N) is 4. The van der Waals surface area contributed by atoms with Gasteiger partial charge in [-0.1, -0.05) is 97.9 Å². The van der Waals surface area contributed by atoms with Crippen LogP contribution in [0.2, 0.25) is 0 Å². The van der Waals surface area contributed by atoms with Crippen LogP contribution in [0.3, 0.4) is 0 Å². The zero-order valence-electron chi connectivity index (χ0n) is 31.0. The van der Waals surface area contributed by atoms with Crippen molar-refractivity contribution in [2.24, 2.45) is 0 Å². The number of carbonyl (C=O) groups is 1. The summed E-state index contributed by atoms with van der Waals surface area (Å²) in [6.45, 7) is 1.95. The predicted octanol–water partition coefficient (Wildman–Crippen LogP) is 5.64. The molecule has 0 aliphatic carbocycles. The molecule has 0 bridgehead atoms. The van der Waals surface area contributed by atoms with Crippen LogP contribution in [-0.2, 0) is 108 Å². The molecule has 1 amide bonds. The summed E-state index contributed by atoms with van der Waals surface area (Å²) in [5.41, 5.74) is 3.66. The summed E-state index contributed by atoms with van der Waals surface area (Å²) in [5.74, 6) is 0.553. The number of aryl methyl sites for hydroxylation is 1. The first-order valence-corrected chi connectivity index (χ1v) is 29.4. The minimum Gasteiger partial charge on any atom is -0.497 e. The topological polar surface area (TPSA) is 141 Å². The van der Waals surface area contributed by atoms with E-state index in [-0.39, 0.29) is 25.8 Å². The third kappa shape index (κ3) is 11.6. The van der Waals surface area contributed by atoms with E-state index < -0.39 is 30.1 Å². The molecule has 21 heteroatoms. The number of fused-ring (bicyclic) bond motifs is 1. The second kappa shape index (κ2) is 23.8. The van der Waals surface area contributed by atoms with Crippen molar-refractivity contribution < 1.29 is 29.2 Å². The van der Waals surface area contributed by atoms with E-state index in [9.17, 15) is 15.0 Å². The van der Waals surface area contributed by atoms with E-state index >= 15 is 0 Å². The quantitative estimate of drug-likeness (QED) is 0.147. The number of benzene rings is 4. The Hall–Kier alpha value is -3.26. The monoisotopic (exact) mass is 993 g/mol. The van der Waals surface area contributed by atoms with Crippen LogP contribution >= 0.6 is 0 Å². The average molecular weight is 994 g/mol. The number of hydrogen-bond donors (Lipinski definition) is 3. The minimum atomic E-state index is -1.34. The van der Waals surface area contributed by atoms with E-state index in [0.29, 0.717) is 22.5 Å². The van der Waals surface area contributed by atoms with Crippen LogP contribution < -0.4 is 10.1 Å². The molecule has 0 radical (unpaired) electrons. The van der Waals surface area contributed by atoms with Gasteiger partial charge in [0.25, 0.3) is 5.91 Å². The van der Waals surface area contributed by atoms with Gasteiger partial charge in [-0.05, 0) is 47.9 Å². The second-order valence-corrected chi connectivity index (χ2v) is 26.6. The number of hydrogen-bond acceptors (Lipinski definition) is 11. The Kier molecular flexibility index (Phi) is 19.0. The van der Waals surface area contributed by atoms with Crippen molar-refractivity contribution in [3.63, 3.8) is 0 Å². The van der Waals surface area contributed by atoms with E-state index in [1.165, 1.54) is 35.0 Å². The van der Waals surface area contributed by atoms with Crippen molar-refractivity contribution in [1.29, 1.82) is 0 Å². The summed E-state index contributed by atoms with van der Waals surface area (Å²) in [5, 5.41) is 25.4. The lowest BCUT2D eigenvalue weighted by atomic mass is 9.79. The molecule has 1 fully saturated rings. The fourth-order valence-corrected chi connectivity index (χ4v) is 22.8. The Morgan fingerprint density at radius 2 is 1.35 bits per heavy atom. The predicted molar refractivity (Wildman–Crippen MR) is 262 cm³/mol. The first-order chi connectivity index (χ1) is 28.8. The molecule has 0 saturated carbocycles. The zero-order chi connectivity index (χ0) is 41.6. The van der Waals surface area contributed by atoms with E-state index in [2.05, 4.69) is 42.6 Å². The van der Waals surface area contributed by atoms with E-state index in [4.69, 9.17) is 14.2 Å². The van der Waals surface area contributed by atoms with Crippen LogP contribution in [0.4, 0.5) is 5.82 Å². The summed E-state index contributed by atoms with van der Waals surface area (Å²) in [6.07, 6.45) is -1.88. The number of methoxy groups -OCH3 is 1. The molecular formula is C39H39N5O6S10. The van der Waals surface area contributed by atoms with Crippen molar-refractivity contribution in [3.8, 4) is 5.75 Å². The Bertz CT molecular complexity index is 2700. The third-order valence-electron chi connectivity index (χ3n) is 9.03. The summed E-state index contributed by atoms with van der Waals surface area (Å²) < 4.78 is 20.2. The van der Waals surface area contributed by atoms with E-state index in [1.807, 2.05) is 91.9 Å². The van der Waals surface area contributed by atoms with Crippen LogP contribution in [0.25, 0.3) is 11.2 Å². The van der Waals surface area contributed by atoms with Gasteiger partial charge in [0.1, 0.15) is 36.0 Å². The Morgan fingerprint density at radius 3 is 1.95 bits per heavy atom. The fourth-order valence-electron chi connectivity index (χ4n) is 6.31. The van der Waals surface area contributed by atoms with Crippen molar-refractivity contribution in [3.05, 3.63) is 150 Å². The van der Waals surface area contributed by atoms with Gasteiger partial charge < -0.3 is 29.7 Å². The Balaban J connectivity index is 0.000000553. The molecule has 2 unspecified atom stereocenters.